The van der Waals surface area contributed by atoms with Crippen molar-refractivity contribution in [3.63, 3.8) is 0 Å². The molecule has 138 valence electrons. The first-order valence-electron chi connectivity index (χ1n) is 9.19. The van der Waals surface area contributed by atoms with Crippen LogP contribution in [0, 0.1) is 0 Å². The number of aliphatic imine (C=N–C) groups is 1. The molecule has 0 amide bonds. The van der Waals surface area contributed by atoms with Gasteiger partial charge in [0.15, 0.2) is 5.96 Å². The number of guanidine groups is 1. The highest BCUT2D eigenvalue weighted by Crippen LogP contribution is 2.34. The number of nitrogens with one attached hydrogen (secondary N) is 2. The van der Waals surface area contributed by atoms with E-state index in [9.17, 15) is 0 Å². The predicted octanol–water partition coefficient (Wildman–Crippen LogP) is 2.09. The molecule has 2 saturated heterocycles. The second kappa shape index (κ2) is 9.06. The van der Waals surface area contributed by atoms with Crippen molar-refractivity contribution in [1.82, 2.24) is 10.6 Å². The maximum Gasteiger partial charge on any atom is 0.191 e. The zero-order chi connectivity index (χ0) is 17.5. The van der Waals surface area contributed by atoms with E-state index in [1.807, 2.05) is 12.1 Å². The fraction of sp³-hybridized carbons (Fsp3) is 0.632. The van der Waals surface area contributed by atoms with Gasteiger partial charge in [-0.05, 0) is 43.9 Å². The largest absolute Gasteiger partial charge is 0.491 e. The highest BCUT2D eigenvalue weighted by Gasteiger charge is 2.41. The summed E-state index contributed by atoms with van der Waals surface area (Å²) in [6.07, 6.45) is 4.23. The molecule has 2 aliphatic heterocycles. The molecule has 3 unspecified atom stereocenters. The van der Waals surface area contributed by atoms with Gasteiger partial charge in [0.25, 0.3) is 0 Å². The van der Waals surface area contributed by atoms with Gasteiger partial charge in [-0.25, -0.2) is 4.99 Å². The van der Waals surface area contributed by atoms with Gasteiger partial charge in [-0.2, -0.15) is 0 Å². The highest BCUT2D eigenvalue weighted by molar-refractivity contribution is 5.80. The van der Waals surface area contributed by atoms with Crippen molar-refractivity contribution in [2.45, 2.75) is 51.0 Å². The fourth-order valence-corrected chi connectivity index (χ4v) is 3.39. The minimum absolute atomic E-state index is 0.345. The molecule has 0 saturated carbocycles. The van der Waals surface area contributed by atoms with Gasteiger partial charge in [-0.1, -0.05) is 12.1 Å². The van der Waals surface area contributed by atoms with Gasteiger partial charge in [0.05, 0.1) is 31.4 Å². The van der Waals surface area contributed by atoms with E-state index in [1.165, 1.54) is 6.42 Å². The van der Waals surface area contributed by atoms with Crippen LogP contribution in [0.25, 0.3) is 0 Å². The monoisotopic (exact) mass is 347 g/mol. The van der Waals surface area contributed by atoms with E-state index < -0.39 is 0 Å². The van der Waals surface area contributed by atoms with Crippen LogP contribution in [0.15, 0.2) is 29.3 Å². The lowest BCUT2D eigenvalue weighted by Crippen LogP contribution is -2.47. The zero-order valence-corrected chi connectivity index (χ0v) is 15.2. The van der Waals surface area contributed by atoms with Gasteiger partial charge in [-0.3, -0.25) is 0 Å². The molecule has 0 aromatic heterocycles. The Morgan fingerprint density at radius 2 is 2.08 bits per heavy atom. The Hall–Kier alpha value is -1.79. The van der Waals surface area contributed by atoms with Crippen molar-refractivity contribution in [2.24, 2.45) is 4.99 Å². The maximum absolute atomic E-state index is 5.91. The molecule has 2 bridgehead atoms. The molecule has 0 aliphatic carbocycles. The molecule has 1 aromatic carbocycles. The standard InChI is InChI=1S/C19H29N3O3/c1-3-20-19(22-17-12-16-8-9-18(17)25-16)21-13-14-4-6-15(7-5-14)24-11-10-23-2/h4-7,16-18H,3,8-13H2,1-2H3,(H2,20,21,22). The van der Waals surface area contributed by atoms with Gasteiger partial charge in [0.2, 0.25) is 0 Å². The molecule has 6 nitrogen and oxygen atoms in total. The number of hydrogen-bond donors (Lipinski definition) is 2. The quantitative estimate of drug-likeness (QED) is 0.428. The van der Waals surface area contributed by atoms with Crippen molar-refractivity contribution >= 4 is 5.96 Å². The molecule has 0 spiro atoms. The third kappa shape index (κ3) is 5.09. The number of methoxy groups -OCH3 is 1. The number of ether oxygens (including phenoxy) is 3. The van der Waals surface area contributed by atoms with Crippen LogP contribution in [0.2, 0.25) is 0 Å². The summed E-state index contributed by atoms with van der Waals surface area (Å²) < 4.78 is 16.5. The Kier molecular flexibility index (Phi) is 6.53. The van der Waals surface area contributed by atoms with Crippen molar-refractivity contribution < 1.29 is 14.2 Å². The highest BCUT2D eigenvalue weighted by atomic mass is 16.5. The number of rotatable bonds is 8. The van der Waals surface area contributed by atoms with Crippen LogP contribution >= 0.6 is 0 Å². The molecule has 2 heterocycles. The number of hydrogen-bond acceptors (Lipinski definition) is 4. The van der Waals surface area contributed by atoms with Gasteiger partial charge in [-0.15, -0.1) is 0 Å². The first-order valence-corrected chi connectivity index (χ1v) is 9.19. The Bertz CT molecular complexity index is 562. The Morgan fingerprint density at radius 1 is 1.24 bits per heavy atom. The molecular weight excluding hydrogens is 318 g/mol. The second-order valence-electron chi connectivity index (χ2n) is 6.54. The normalized spacial score (nSPS) is 25.2. The van der Waals surface area contributed by atoms with E-state index in [1.54, 1.807) is 7.11 Å². The average molecular weight is 347 g/mol. The maximum atomic E-state index is 5.91. The van der Waals surface area contributed by atoms with Crippen LogP contribution in [0.5, 0.6) is 5.75 Å². The van der Waals surface area contributed by atoms with E-state index >= 15 is 0 Å². The lowest BCUT2D eigenvalue weighted by atomic mass is 9.96. The van der Waals surface area contributed by atoms with E-state index in [2.05, 4.69) is 29.7 Å². The molecule has 25 heavy (non-hydrogen) atoms. The lowest BCUT2D eigenvalue weighted by Gasteiger charge is -2.22. The Morgan fingerprint density at radius 3 is 2.72 bits per heavy atom. The third-order valence-corrected chi connectivity index (χ3v) is 4.67. The van der Waals surface area contributed by atoms with E-state index in [0.717, 1.165) is 36.7 Å². The zero-order valence-electron chi connectivity index (χ0n) is 15.2. The van der Waals surface area contributed by atoms with Crippen LogP contribution < -0.4 is 15.4 Å². The van der Waals surface area contributed by atoms with Crippen LogP contribution in [0.4, 0.5) is 0 Å². The first-order chi connectivity index (χ1) is 12.3. The summed E-state index contributed by atoms with van der Waals surface area (Å²) in [4.78, 5) is 4.71. The van der Waals surface area contributed by atoms with Gasteiger partial charge < -0.3 is 24.8 Å². The van der Waals surface area contributed by atoms with E-state index in [4.69, 9.17) is 19.2 Å². The number of benzene rings is 1. The summed E-state index contributed by atoms with van der Waals surface area (Å²) in [6.45, 7) is 4.72. The topological polar surface area (TPSA) is 64.1 Å². The van der Waals surface area contributed by atoms with Gasteiger partial charge in [0, 0.05) is 13.7 Å². The van der Waals surface area contributed by atoms with Crippen LogP contribution in [0.1, 0.15) is 31.7 Å². The molecule has 0 radical (unpaired) electrons. The summed E-state index contributed by atoms with van der Waals surface area (Å²) >= 11 is 0. The number of nitrogens with zero attached hydrogens (tertiary/aromatic N) is 1. The molecule has 3 rings (SSSR count). The van der Waals surface area contributed by atoms with Gasteiger partial charge >= 0.3 is 0 Å². The second-order valence-corrected chi connectivity index (χ2v) is 6.54. The Balaban J connectivity index is 1.52. The number of fused-ring (bicyclic) bond motifs is 2. The smallest absolute Gasteiger partial charge is 0.191 e. The molecule has 2 N–H and O–H groups in total. The fourth-order valence-electron chi connectivity index (χ4n) is 3.39. The molecular formula is C19H29N3O3. The lowest BCUT2D eigenvalue weighted by molar-refractivity contribution is 0.0992. The summed E-state index contributed by atoms with van der Waals surface area (Å²) in [5.74, 6) is 1.72. The summed E-state index contributed by atoms with van der Waals surface area (Å²) in [7, 11) is 1.67. The third-order valence-electron chi connectivity index (χ3n) is 4.67. The van der Waals surface area contributed by atoms with Crippen LogP contribution in [-0.2, 0) is 16.0 Å². The van der Waals surface area contributed by atoms with Crippen molar-refractivity contribution in [3.8, 4) is 5.75 Å². The molecule has 2 fully saturated rings. The van der Waals surface area contributed by atoms with Crippen LogP contribution in [0.3, 0.4) is 0 Å². The van der Waals surface area contributed by atoms with Crippen molar-refractivity contribution in [1.29, 1.82) is 0 Å². The predicted molar refractivity (Wildman–Crippen MR) is 98.1 cm³/mol. The van der Waals surface area contributed by atoms with E-state index in [0.29, 0.717) is 38.0 Å². The summed E-state index contributed by atoms with van der Waals surface area (Å²) in [5, 5.41) is 6.87. The SMILES string of the molecule is CCNC(=NCc1ccc(OCCOC)cc1)NC1CC2CCC1O2. The van der Waals surface area contributed by atoms with Crippen molar-refractivity contribution in [2.75, 3.05) is 26.9 Å². The molecule has 6 heteroatoms. The summed E-state index contributed by atoms with van der Waals surface area (Å²) in [6, 6.07) is 8.44. The van der Waals surface area contributed by atoms with Gasteiger partial charge in [0.1, 0.15) is 12.4 Å². The van der Waals surface area contributed by atoms with Crippen LogP contribution in [-0.4, -0.2) is 51.1 Å². The minimum Gasteiger partial charge on any atom is -0.491 e. The first kappa shape index (κ1) is 18.0. The van der Waals surface area contributed by atoms with Crippen molar-refractivity contribution in [3.05, 3.63) is 29.8 Å². The summed E-state index contributed by atoms with van der Waals surface area (Å²) in [5.41, 5.74) is 1.15. The molecule has 3 atom stereocenters. The molecule has 2 aliphatic rings. The minimum atomic E-state index is 0.345. The van der Waals surface area contributed by atoms with E-state index in [-0.39, 0.29) is 0 Å². The Labute approximate surface area is 149 Å². The average Bonchev–Trinajstić information content (AvgIpc) is 3.24. The molecule has 1 aromatic rings.